The summed E-state index contributed by atoms with van der Waals surface area (Å²) in [6.45, 7) is 1.98. The van der Waals surface area contributed by atoms with Gasteiger partial charge in [0.1, 0.15) is 36.9 Å². The van der Waals surface area contributed by atoms with Gasteiger partial charge in [-0.05, 0) is 73.0 Å². The van der Waals surface area contributed by atoms with E-state index in [1.807, 2.05) is 24.3 Å². The first-order valence-electron chi connectivity index (χ1n) is 12.5. The van der Waals surface area contributed by atoms with Gasteiger partial charge in [-0.3, -0.25) is 4.90 Å². The molecule has 3 aromatic carbocycles. The number of nitrogens with zero attached hydrogens (tertiary/aromatic N) is 5. The molecule has 0 unspecified atom stereocenters. The molecule has 2 heterocycles. The monoisotopic (exact) mass is 544 g/mol. The number of anilines is 2. The lowest BCUT2D eigenvalue weighted by Crippen LogP contribution is -2.32. The number of ether oxygens (including phenoxy) is 1. The molecule has 4 aromatic rings. The predicted molar refractivity (Wildman–Crippen MR) is 149 cm³/mol. The van der Waals surface area contributed by atoms with Crippen molar-refractivity contribution in [2.75, 3.05) is 25.0 Å². The van der Waals surface area contributed by atoms with Gasteiger partial charge < -0.3 is 14.9 Å². The summed E-state index contributed by atoms with van der Waals surface area (Å²) in [5.41, 5.74) is 3.04. The van der Waals surface area contributed by atoms with Crippen LogP contribution in [0.5, 0.6) is 5.75 Å². The van der Waals surface area contributed by atoms with Crippen LogP contribution in [-0.2, 0) is 11.4 Å². The predicted octanol–water partition coefficient (Wildman–Crippen LogP) is 6.08. The Balaban J connectivity index is 1.24. The molecule has 1 aliphatic heterocycles. The van der Waals surface area contributed by atoms with Gasteiger partial charge in [-0.25, -0.2) is 14.4 Å². The van der Waals surface area contributed by atoms with Crippen LogP contribution in [0.2, 0.25) is 5.02 Å². The van der Waals surface area contributed by atoms with E-state index in [0.29, 0.717) is 35.3 Å². The highest BCUT2D eigenvalue weighted by Crippen LogP contribution is 2.31. The number of oxime groups is 1. The van der Waals surface area contributed by atoms with Crippen LogP contribution in [0.1, 0.15) is 24.0 Å². The lowest BCUT2D eigenvalue weighted by atomic mass is 10.1. The van der Waals surface area contributed by atoms with Crippen LogP contribution in [0.3, 0.4) is 0 Å². The summed E-state index contributed by atoms with van der Waals surface area (Å²) >= 11 is 6.46. The van der Waals surface area contributed by atoms with Crippen molar-refractivity contribution < 1.29 is 14.0 Å². The van der Waals surface area contributed by atoms with Crippen LogP contribution >= 0.6 is 11.6 Å². The molecule has 0 saturated carbocycles. The smallest absolute Gasteiger partial charge is 0.141 e. The lowest BCUT2D eigenvalue weighted by molar-refractivity contribution is 0.0884. The quantitative estimate of drug-likeness (QED) is 0.147. The van der Waals surface area contributed by atoms with E-state index in [-0.39, 0.29) is 18.5 Å². The van der Waals surface area contributed by atoms with Crippen molar-refractivity contribution in [2.45, 2.75) is 25.5 Å². The number of nitriles is 1. The molecule has 1 aliphatic rings. The average Bonchev–Trinajstić information content (AvgIpc) is 3.38. The third-order valence-corrected chi connectivity index (χ3v) is 6.75. The third kappa shape index (κ3) is 6.79. The molecular weight excluding hydrogens is 519 g/mol. The molecule has 1 atom stereocenters. The molecule has 39 heavy (non-hydrogen) atoms. The average molecular weight is 545 g/mol. The number of aromatic nitrogens is 2. The zero-order valence-electron chi connectivity index (χ0n) is 21.1. The molecule has 0 amide bonds. The minimum absolute atomic E-state index is 0.202. The van der Waals surface area contributed by atoms with Crippen LogP contribution in [0.25, 0.3) is 10.9 Å². The summed E-state index contributed by atoms with van der Waals surface area (Å²) < 4.78 is 19.2. The van der Waals surface area contributed by atoms with E-state index in [0.717, 1.165) is 41.5 Å². The zero-order chi connectivity index (χ0) is 27.0. The molecule has 1 fully saturated rings. The van der Waals surface area contributed by atoms with Gasteiger partial charge in [0.2, 0.25) is 0 Å². The van der Waals surface area contributed by atoms with Crippen molar-refractivity contribution in [3.05, 3.63) is 89.0 Å². The zero-order valence-corrected chi connectivity index (χ0v) is 21.8. The Bertz CT molecular complexity index is 1530. The van der Waals surface area contributed by atoms with E-state index >= 15 is 0 Å². The maximum atomic E-state index is 13.4. The summed E-state index contributed by atoms with van der Waals surface area (Å²) in [5, 5.41) is 17.6. The van der Waals surface area contributed by atoms with E-state index < -0.39 is 0 Å². The number of nitrogens with one attached hydrogen (secondary N) is 1. The number of halogens is 2. The van der Waals surface area contributed by atoms with Crippen molar-refractivity contribution in [3.8, 4) is 11.8 Å². The van der Waals surface area contributed by atoms with Crippen LogP contribution in [0.4, 0.5) is 15.9 Å². The van der Waals surface area contributed by atoms with Crippen molar-refractivity contribution in [1.29, 1.82) is 5.26 Å². The molecule has 0 bridgehead atoms. The number of benzene rings is 3. The highest BCUT2D eigenvalue weighted by atomic mass is 35.5. The summed E-state index contributed by atoms with van der Waals surface area (Å²) in [7, 11) is 0. The Morgan fingerprint density at radius 3 is 2.95 bits per heavy atom. The van der Waals surface area contributed by atoms with E-state index in [2.05, 4.69) is 31.4 Å². The number of hydrogen-bond acceptors (Lipinski definition) is 8. The van der Waals surface area contributed by atoms with E-state index in [9.17, 15) is 4.39 Å². The van der Waals surface area contributed by atoms with Crippen molar-refractivity contribution >= 4 is 40.2 Å². The Kier molecular flexibility index (Phi) is 8.46. The second kappa shape index (κ2) is 12.5. The topological polar surface area (TPSA) is 95.7 Å². The van der Waals surface area contributed by atoms with Crippen molar-refractivity contribution in [3.63, 3.8) is 0 Å². The van der Waals surface area contributed by atoms with Crippen molar-refractivity contribution in [1.82, 2.24) is 14.9 Å². The normalized spacial score (nSPS) is 15.5. The van der Waals surface area contributed by atoms with Crippen LogP contribution in [0.15, 0.2) is 72.1 Å². The highest BCUT2D eigenvalue weighted by Gasteiger charge is 2.24. The minimum Gasteiger partial charge on any atom is -0.487 e. The Morgan fingerprint density at radius 2 is 2.10 bits per heavy atom. The number of hydrogen-bond donors (Lipinski definition) is 1. The Morgan fingerprint density at radius 1 is 1.18 bits per heavy atom. The molecule has 8 nitrogen and oxygen atoms in total. The molecule has 5 rings (SSSR count). The molecule has 0 spiro atoms. The second-order valence-electron chi connectivity index (χ2n) is 9.14. The van der Waals surface area contributed by atoms with Crippen molar-refractivity contribution in [2.24, 2.45) is 5.16 Å². The Hall–Kier alpha value is -4.26. The van der Waals surface area contributed by atoms with E-state index in [1.165, 1.54) is 18.5 Å². The van der Waals surface area contributed by atoms with Gasteiger partial charge in [-0.1, -0.05) is 35.0 Å². The van der Waals surface area contributed by atoms with Gasteiger partial charge in [0, 0.05) is 17.1 Å². The summed E-state index contributed by atoms with van der Waals surface area (Å²) in [6.07, 6.45) is 5.22. The largest absolute Gasteiger partial charge is 0.487 e. The first-order chi connectivity index (χ1) is 19.1. The van der Waals surface area contributed by atoms with Crippen LogP contribution in [0, 0.1) is 17.1 Å². The summed E-state index contributed by atoms with van der Waals surface area (Å²) in [6, 6.07) is 19.7. The number of rotatable bonds is 10. The third-order valence-electron chi connectivity index (χ3n) is 6.45. The van der Waals surface area contributed by atoms with Gasteiger partial charge in [0.15, 0.2) is 0 Å². The summed E-state index contributed by atoms with van der Waals surface area (Å²) in [4.78, 5) is 16.4. The van der Waals surface area contributed by atoms with Gasteiger partial charge in [-0.15, -0.1) is 0 Å². The molecule has 0 radical (unpaired) electrons. The van der Waals surface area contributed by atoms with Crippen LogP contribution < -0.4 is 10.1 Å². The lowest BCUT2D eigenvalue weighted by Gasteiger charge is -2.19. The first-order valence-corrected chi connectivity index (χ1v) is 12.9. The van der Waals surface area contributed by atoms with E-state index in [1.54, 1.807) is 30.5 Å². The highest BCUT2D eigenvalue weighted by molar-refractivity contribution is 6.32. The molecule has 198 valence electrons. The van der Waals surface area contributed by atoms with Gasteiger partial charge >= 0.3 is 0 Å². The number of likely N-dealkylation sites (tertiary alicyclic amines) is 1. The molecule has 10 heteroatoms. The van der Waals surface area contributed by atoms with Gasteiger partial charge in [0.25, 0.3) is 0 Å². The fraction of sp³-hybridized carbons (Fsp3) is 0.241. The maximum Gasteiger partial charge on any atom is 0.141 e. The van der Waals surface area contributed by atoms with Gasteiger partial charge in [0.05, 0.1) is 29.4 Å². The standard InChI is InChI=1S/C29H26ClFN6O2/c30-26-15-23(7-9-28(26)38-17-21-3-1-4-22(31)13-21)36-29-25-14-20(6-8-27(25)33-19-34-29)16-35-39-18-24-5-2-11-37(24)12-10-32/h1,3-4,6-9,13-16,19,24H,2,5,11-12,17-18H2,(H,33,34,36)/t24-/m0/s1. The molecule has 1 saturated heterocycles. The maximum absolute atomic E-state index is 13.4. The van der Waals surface area contributed by atoms with Gasteiger partial charge in [-0.2, -0.15) is 5.26 Å². The number of fused-ring (bicyclic) bond motifs is 1. The Labute approximate surface area is 230 Å². The fourth-order valence-corrected chi connectivity index (χ4v) is 4.72. The molecule has 0 aliphatic carbocycles. The summed E-state index contributed by atoms with van der Waals surface area (Å²) in [5.74, 6) is 0.790. The molecule has 1 aromatic heterocycles. The fourth-order valence-electron chi connectivity index (χ4n) is 4.48. The first kappa shape index (κ1) is 26.4. The van der Waals surface area contributed by atoms with Crippen LogP contribution in [-0.4, -0.2) is 46.8 Å². The molecule has 1 N–H and O–H groups in total. The SMILES string of the molecule is N#CCN1CCC[C@H]1CON=Cc1ccc2ncnc(Nc3ccc(OCc4cccc(F)c4)c(Cl)c3)c2c1. The van der Waals surface area contributed by atoms with E-state index in [4.69, 9.17) is 26.4 Å². The minimum atomic E-state index is -0.312. The molecular formula is C29H26ClFN6O2. The second-order valence-corrected chi connectivity index (χ2v) is 9.55.